The molecule has 1 aromatic heterocycles. The predicted molar refractivity (Wildman–Crippen MR) is 129 cm³/mol. The molecular weight excluding hydrogens is 442 g/mol. The summed E-state index contributed by atoms with van der Waals surface area (Å²) in [5.41, 5.74) is 3.78. The average molecular weight is 467 g/mol. The molecule has 0 radical (unpaired) electrons. The van der Waals surface area contributed by atoms with E-state index in [1.54, 1.807) is 30.3 Å². The number of fused-ring (bicyclic) bond motifs is 1. The van der Waals surface area contributed by atoms with Crippen LogP contribution in [0.3, 0.4) is 0 Å². The molecular formula is C27H25ClF2N2O. The topological polar surface area (TPSA) is 28.3 Å². The number of benzene rings is 3. The standard InChI is InChI=1S/C27H25ClF2N2O/c28-20-3-1-18(2-4-20)23-15-22(30)6-8-27(23)33-14-13-32-11-9-19(10-12-32)25-17-31-26-7-5-21(29)16-24(25)26/h1-8,15-17,19,31H,9-14H2. The summed E-state index contributed by atoms with van der Waals surface area (Å²) >= 11 is 5.99. The number of halogens is 3. The van der Waals surface area contributed by atoms with E-state index >= 15 is 0 Å². The van der Waals surface area contributed by atoms with E-state index in [1.807, 2.05) is 18.3 Å². The van der Waals surface area contributed by atoms with Crippen LogP contribution < -0.4 is 4.74 Å². The van der Waals surface area contributed by atoms with Crippen LogP contribution in [0.4, 0.5) is 8.78 Å². The van der Waals surface area contributed by atoms with Crippen molar-refractivity contribution in [2.24, 2.45) is 0 Å². The van der Waals surface area contributed by atoms with Crippen molar-refractivity contribution in [1.29, 1.82) is 0 Å². The summed E-state index contributed by atoms with van der Waals surface area (Å²) in [6.07, 6.45) is 4.08. The van der Waals surface area contributed by atoms with E-state index in [0.717, 1.165) is 54.5 Å². The molecule has 0 atom stereocenters. The lowest BCUT2D eigenvalue weighted by Gasteiger charge is -2.31. The van der Waals surface area contributed by atoms with Gasteiger partial charge in [0, 0.05) is 34.2 Å². The van der Waals surface area contributed by atoms with Crippen molar-refractivity contribution < 1.29 is 13.5 Å². The molecule has 6 heteroatoms. The number of H-pyrrole nitrogens is 1. The Morgan fingerprint density at radius 3 is 2.45 bits per heavy atom. The summed E-state index contributed by atoms with van der Waals surface area (Å²) in [7, 11) is 0. The lowest BCUT2D eigenvalue weighted by atomic mass is 9.89. The van der Waals surface area contributed by atoms with Gasteiger partial charge in [-0.25, -0.2) is 8.78 Å². The summed E-state index contributed by atoms with van der Waals surface area (Å²) in [5.74, 6) is 0.587. The SMILES string of the molecule is Fc1ccc(OCCN2CCC(c3c[nH]c4ccc(F)cc34)CC2)c(-c2ccc(Cl)cc2)c1. The Morgan fingerprint density at radius 2 is 1.67 bits per heavy atom. The summed E-state index contributed by atoms with van der Waals surface area (Å²) < 4.78 is 33.7. The quantitative estimate of drug-likeness (QED) is 0.330. The molecule has 0 saturated carbocycles. The van der Waals surface area contributed by atoms with Gasteiger partial charge in [0.1, 0.15) is 24.0 Å². The van der Waals surface area contributed by atoms with Crippen LogP contribution in [0.2, 0.25) is 5.02 Å². The van der Waals surface area contributed by atoms with Crippen molar-refractivity contribution in [1.82, 2.24) is 9.88 Å². The zero-order valence-corrected chi connectivity index (χ0v) is 18.9. The van der Waals surface area contributed by atoms with Gasteiger partial charge in [-0.2, -0.15) is 0 Å². The number of ether oxygens (including phenoxy) is 1. The number of hydrogen-bond donors (Lipinski definition) is 1. The molecule has 0 unspecified atom stereocenters. The number of nitrogens with zero attached hydrogens (tertiary/aromatic N) is 1. The third kappa shape index (κ3) is 4.90. The molecule has 0 aliphatic carbocycles. The summed E-state index contributed by atoms with van der Waals surface area (Å²) in [4.78, 5) is 5.65. The maximum absolute atomic E-state index is 13.9. The summed E-state index contributed by atoms with van der Waals surface area (Å²) in [6.45, 7) is 3.24. The first-order valence-electron chi connectivity index (χ1n) is 11.2. The number of piperidine rings is 1. The molecule has 5 rings (SSSR count). The fourth-order valence-electron chi connectivity index (χ4n) is 4.69. The minimum atomic E-state index is -0.300. The maximum atomic E-state index is 13.9. The molecule has 3 nitrogen and oxygen atoms in total. The molecule has 170 valence electrons. The molecule has 0 spiro atoms. The monoisotopic (exact) mass is 466 g/mol. The smallest absolute Gasteiger partial charge is 0.127 e. The van der Waals surface area contributed by atoms with E-state index in [9.17, 15) is 8.78 Å². The van der Waals surface area contributed by atoms with Crippen molar-refractivity contribution >= 4 is 22.5 Å². The summed E-state index contributed by atoms with van der Waals surface area (Å²) in [6, 6.07) is 16.8. The zero-order valence-electron chi connectivity index (χ0n) is 18.2. The van der Waals surface area contributed by atoms with E-state index in [2.05, 4.69) is 9.88 Å². The first kappa shape index (κ1) is 21.9. The van der Waals surface area contributed by atoms with Crippen molar-refractivity contribution in [2.45, 2.75) is 18.8 Å². The fourth-order valence-corrected chi connectivity index (χ4v) is 4.81. The van der Waals surface area contributed by atoms with Gasteiger partial charge in [-0.05, 0) is 91.5 Å². The van der Waals surface area contributed by atoms with Crippen LogP contribution in [0.1, 0.15) is 24.3 Å². The highest BCUT2D eigenvalue weighted by molar-refractivity contribution is 6.30. The van der Waals surface area contributed by atoms with Gasteiger partial charge in [0.15, 0.2) is 0 Å². The molecule has 1 saturated heterocycles. The van der Waals surface area contributed by atoms with E-state index in [4.69, 9.17) is 16.3 Å². The predicted octanol–water partition coefficient (Wildman–Crippen LogP) is 7.02. The van der Waals surface area contributed by atoms with E-state index in [1.165, 1.54) is 23.8 Å². The van der Waals surface area contributed by atoms with Crippen LogP contribution in [0.5, 0.6) is 5.75 Å². The van der Waals surface area contributed by atoms with Crippen LogP contribution in [0.15, 0.2) is 66.9 Å². The fraction of sp³-hybridized carbons (Fsp3) is 0.259. The number of rotatable bonds is 6. The zero-order chi connectivity index (χ0) is 22.8. The van der Waals surface area contributed by atoms with Crippen LogP contribution in [-0.4, -0.2) is 36.1 Å². The number of hydrogen-bond acceptors (Lipinski definition) is 2. The number of aromatic amines is 1. The van der Waals surface area contributed by atoms with Gasteiger partial charge in [0.2, 0.25) is 0 Å². The average Bonchev–Trinajstić information content (AvgIpc) is 3.24. The van der Waals surface area contributed by atoms with Crippen molar-refractivity contribution in [3.8, 4) is 16.9 Å². The van der Waals surface area contributed by atoms with Crippen LogP contribution in [-0.2, 0) is 0 Å². The Labute approximate surface area is 196 Å². The Bertz CT molecular complexity index is 1250. The van der Waals surface area contributed by atoms with E-state index in [-0.39, 0.29) is 11.6 Å². The Kier molecular flexibility index (Phi) is 6.34. The summed E-state index contributed by atoms with van der Waals surface area (Å²) in [5, 5.41) is 1.63. The second-order valence-corrected chi connectivity index (χ2v) is 8.98. The lowest BCUT2D eigenvalue weighted by molar-refractivity contribution is 0.174. The highest BCUT2D eigenvalue weighted by Gasteiger charge is 2.23. The second kappa shape index (κ2) is 9.54. The van der Waals surface area contributed by atoms with Crippen LogP contribution >= 0.6 is 11.6 Å². The van der Waals surface area contributed by atoms with Gasteiger partial charge in [-0.1, -0.05) is 23.7 Å². The third-order valence-corrected chi connectivity index (χ3v) is 6.72. The Balaban J connectivity index is 1.18. The van der Waals surface area contributed by atoms with E-state index in [0.29, 0.717) is 23.3 Å². The maximum Gasteiger partial charge on any atom is 0.127 e. The minimum absolute atomic E-state index is 0.198. The molecule has 2 heterocycles. The van der Waals surface area contributed by atoms with Gasteiger partial charge in [0.25, 0.3) is 0 Å². The van der Waals surface area contributed by atoms with Gasteiger partial charge < -0.3 is 9.72 Å². The molecule has 0 amide bonds. The van der Waals surface area contributed by atoms with Gasteiger partial charge >= 0.3 is 0 Å². The minimum Gasteiger partial charge on any atom is -0.492 e. The Hall–Kier alpha value is -2.89. The van der Waals surface area contributed by atoms with Crippen molar-refractivity contribution in [3.63, 3.8) is 0 Å². The highest BCUT2D eigenvalue weighted by atomic mass is 35.5. The largest absolute Gasteiger partial charge is 0.492 e. The molecule has 1 fully saturated rings. The molecule has 1 aliphatic heterocycles. The molecule has 4 aromatic rings. The van der Waals surface area contributed by atoms with Crippen molar-refractivity contribution in [3.05, 3.63) is 89.1 Å². The molecule has 0 bridgehead atoms. The second-order valence-electron chi connectivity index (χ2n) is 8.55. The first-order chi connectivity index (χ1) is 16.1. The van der Waals surface area contributed by atoms with E-state index < -0.39 is 0 Å². The lowest BCUT2D eigenvalue weighted by Crippen LogP contribution is -2.35. The van der Waals surface area contributed by atoms with Crippen LogP contribution in [0, 0.1) is 11.6 Å². The van der Waals surface area contributed by atoms with Gasteiger partial charge in [-0.15, -0.1) is 0 Å². The van der Waals surface area contributed by atoms with Crippen molar-refractivity contribution in [2.75, 3.05) is 26.2 Å². The van der Waals surface area contributed by atoms with Gasteiger partial charge in [-0.3, -0.25) is 4.90 Å². The number of aromatic nitrogens is 1. The van der Waals surface area contributed by atoms with Gasteiger partial charge in [0.05, 0.1) is 0 Å². The molecule has 1 N–H and O–H groups in total. The molecule has 1 aliphatic rings. The molecule has 33 heavy (non-hydrogen) atoms. The highest BCUT2D eigenvalue weighted by Crippen LogP contribution is 2.34. The normalized spacial score (nSPS) is 15.2. The third-order valence-electron chi connectivity index (χ3n) is 6.47. The Morgan fingerprint density at radius 1 is 0.939 bits per heavy atom. The number of likely N-dealkylation sites (tertiary alicyclic amines) is 1. The molecule has 3 aromatic carbocycles. The number of nitrogens with one attached hydrogen (secondary N) is 1. The van der Waals surface area contributed by atoms with Crippen LogP contribution in [0.25, 0.3) is 22.0 Å². The first-order valence-corrected chi connectivity index (χ1v) is 11.6.